The average Bonchev–Trinajstić information content (AvgIpc) is 2.57. The largest absolute Gasteiger partial charge is 0.462 e. The Morgan fingerprint density at radius 2 is 2.08 bits per heavy atom. The molecule has 5 nitrogen and oxygen atoms in total. The van der Waals surface area contributed by atoms with Gasteiger partial charge in [0.05, 0.1) is 6.61 Å². The normalized spacial score (nSPS) is 19.6. The topological polar surface area (TPSA) is 61.2 Å². The Balaban J connectivity index is 1.97. The Morgan fingerprint density at radius 1 is 1.33 bits per heavy atom. The molecule has 24 heavy (non-hydrogen) atoms. The summed E-state index contributed by atoms with van der Waals surface area (Å²) in [5.41, 5.74) is 0.961. The maximum absolute atomic E-state index is 12.7. The highest BCUT2D eigenvalue weighted by molar-refractivity contribution is 5.88. The number of hydrogen-bond donors (Lipinski definition) is 0. The standard InChI is InChI=1S/C19H22N2O3/c1-3-24-19(23)16-11-20-17-15(10-14-7-5-4-6-8-14)9-13(2)12-21(17)18(16)22/h4-8,11,13,15H,3,9-10,12H2,1-2H3/t13-,15-/m0/s1. The molecule has 0 bridgehead atoms. The van der Waals surface area contributed by atoms with E-state index in [4.69, 9.17) is 4.74 Å². The van der Waals surface area contributed by atoms with Gasteiger partial charge in [0, 0.05) is 18.7 Å². The van der Waals surface area contributed by atoms with Crippen molar-refractivity contribution in [2.45, 2.75) is 39.2 Å². The molecule has 0 N–H and O–H groups in total. The number of aromatic nitrogens is 2. The third kappa shape index (κ3) is 3.25. The molecular weight excluding hydrogens is 304 g/mol. The van der Waals surface area contributed by atoms with Gasteiger partial charge in [-0.15, -0.1) is 0 Å². The minimum Gasteiger partial charge on any atom is -0.462 e. The first-order valence-electron chi connectivity index (χ1n) is 8.41. The van der Waals surface area contributed by atoms with Crippen LogP contribution in [0.1, 0.15) is 47.9 Å². The van der Waals surface area contributed by atoms with E-state index in [1.165, 1.54) is 11.8 Å². The highest BCUT2D eigenvalue weighted by atomic mass is 16.5. The molecule has 0 saturated heterocycles. The van der Waals surface area contributed by atoms with Gasteiger partial charge >= 0.3 is 5.97 Å². The van der Waals surface area contributed by atoms with Gasteiger partial charge in [-0.1, -0.05) is 37.3 Å². The molecule has 126 valence electrons. The second-order valence-corrected chi connectivity index (χ2v) is 6.39. The van der Waals surface area contributed by atoms with E-state index >= 15 is 0 Å². The van der Waals surface area contributed by atoms with Crippen LogP contribution >= 0.6 is 0 Å². The predicted octanol–water partition coefficient (Wildman–Crippen LogP) is 2.79. The highest BCUT2D eigenvalue weighted by Gasteiger charge is 2.29. The van der Waals surface area contributed by atoms with Crippen LogP contribution in [0.4, 0.5) is 0 Å². The molecule has 1 aromatic carbocycles. The fourth-order valence-corrected chi connectivity index (χ4v) is 3.41. The van der Waals surface area contributed by atoms with Gasteiger partial charge in [0.15, 0.2) is 0 Å². The molecule has 0 aliphatic carbocycles. The second kappa shape index (κ2) is 6.99. The summed E-state index contributed by atoms with van der Waals surface area (Å²) in [5.74, 6) is 0.724. The number of ether oxygens (including phenoxy) is 1. The maximum atomic E-state index is 12.7. The Bertz CT molecular complexity index is 783. The quantitative estimate of drug-likeness (QED) is 0.811. The van der Waals surface area contributed by atoms with Crippen LogP contribution in [-0.4, -0.2) is 22.1 Å². The molecule has 0 saturated carbocycles. The van der Waals surface area contributed by atoms with Crippen molar-refractivity contribution in [2.75, 3.05) is 6.61 Å². The summed E-state index contributed by atoms with van der Waals surface area (Å²) in [6, 6.07) is 10.2. The molecule has 1 aliphatic rings. The lowest BCUT2D eigenvalue weighted by atomic mass is 9.86. The molecule has 3 rings (SSSR count). The Hall–Kier alpha value is -2.43. The van der Waals surface area contributed by atoms with Gasteiger partial charge in [0.25, 0.3) is 5.56 Å². The summed E-state index contributed by atoms with van der Waals surface area (Å²) in [5, 5.41) is 0. The summed E-state index contributed by atoms with van der Waals surface area (Å²) in [6.45, 7) is 4.69. The number of hydrogen-bond acceptors (Lipinski definition) is 4. The summed E-state index contributed by atoms with van der Waals surface area (Å²) < 4.78 is 6.62. The van der Waals surface area contributed by atoms with E-state index in [1.807, 2.05) is 18.2 Å². The molecule has 0 unspecified atom stereocenters. The number of nitrogens with zero attached hydrogens (tertiary/aromatic N) is 2. The Kier molecular flexibility index (Phi) is 4.79. The number of fused-ring (bicyclic) bond motifs is 1. The van der Waals surface area contributed by atoms with Crippen molar-refractivity contribution in [2.24, 2.45) is 5.92 Å². The van der Waals surface area contributed by atoms with Crippen LogP contribution in [-0.2, 0) is 17.7 Å². The molecule has 1 aliphatic heterocycles. The molecule has 2 aromatic rings. The number of esters is 1. The molecule has 1 aromatic heterocycles. The molecule has 0 spiro atoms. The van der Waals surface area contributed by atoms with Crippen molar-refractivity contribution in [3.63, 3.8) is 0 Å². The molecule has 0 fully saturated rings. The second-order valence-electron chi connectivity index (χ2n) is 6.39. The van der Waals surface area contributed by atoms with Crippen LogP contribution in [0.25, 0.3) is 0 Å². The molecular formula is C19H22N2O3. The van der Waals surface area contributed by atoms with Crippen molar-refractivity contribution in [1.82, 2.24) is 9.55 Å². The summed E-state index contributed by atoms with van der Waals surface area (Å²) in [4.78, 5) is 29.1. The van der Waals surface area contributed by atoms with Crippen molar-refractivity contribution in [3.05, 3.63) is 63.8 Å². The van der Waals surface area contributed by atoms with Gasteiger partial charge < -0.3 is 4.74 Å². The Labute approximate surface area is 141 Å². The van der Waals surface area contributed by atoms with Crippen molar-refractivity contribution < 1.29 is 9.53 Å². The van der Waals surface area contributed by atoms with Gasteiger partial charge in [0.2, 0.25) is 0 Å². The predicted molar refractivity (Wildman–Crippen MR) is 91.1 cm³/mol. The lowest BCUT2D eigenvalue weighted by Crippen LogP contribution is -2.37. The van der Waals surface area contributed by atoms with Crippen LogP contribution in [0.15, 0.2) is 41.3 Å². The maximum Gasteiger partial charge on any atom is 0.345 e. The first kappa shape index (κ1) is 16.4. The monoisotopic (exact) mass is 326 g/mol. The zero-order chi connectivity index (χ0) is 17.1. The average molecular weight is 326 g/mol. The lowest BCUT2D eigenvalue weighted by Gasteiger charge is -2.30. The van der Waals surface area contributed by atoms with Crippen molar-refractivity contribution >= 4 is 5.97 Å². The van der Waals surface area contributed by atoms with E-state index in [0.717, 1.165) is 18.7 Å². The fraction of sp³-hybridized carbons (Fsp3) is 0.421. The first-order valence-corrected chi connectivity index (χ1v) is 8.41. The number of benzene rings is 1. The van der Waals surface area contributed by atoms with E-state index in [0.29, 0.717) is 12.5 Å². The van der Waals surface area contributed by atoms with E-state index < -0.39 is 5.97 Å². The summed E-state index contributed by atoms with van der Waals surface area (Å²) in [7, 11) is 0. The molecule has 2 atom stereocenters. The Morgan fingerprint density at radius 3 is 2.79 bits per heavy atom. The van der Waals surface area contributed by atoms with E-state index in [1.54, 1.807) is 11.5 Å². The van der Waals surface area contributed by atoms with Gasteiger partial charge in [-0.05, 0) is 31.2 Å². The smallest absolute Gasteiger partial charge is 0.345 e. The molecule has 0 radical (unpaired) electrons. The minimum atomic E-state index is -0.594. The molecule has 2 heterocycles. The van der Waals surface area contributed by atoms with Crippen LogP contribution in [0.5, 0.6) is 0 Å². The van der Waals surface area contributed by atoms with E-state index in [-0.39, 0.29) is 23.6 Å². The number of rotatable bonds is 4. The van der Waals surface area contributed by atoms with E-state index in [2.05, 4.69) is 24.0 Å². The fourth-order valence-electron chi connectivity index (χ4n) is 3.41. The highest BCUT2D eigenvalue weighted by Crippen LogP contribution is 2.31. The summed E-state index contributed by atoms with van der Waals surface area (Å²) in [6.07, 6.45) is 3.20. The van der Waals surface area contributed by atoms with Crippen LogP contribution in [0.2, 0.25) is 0 Å². The lowest BCUT2D eigenvalue weighted by molar-refractivity contribution is 0.0522. The van der Waals surface area contributed by atoms with Crippen molar-refractivity contribution in [3.8, 4) is 0 Å². The zero-order valence-corrected chi connectivity index (χ0v) is 14.1. The molecule has 0 amide bonds. The number of carbonyl (C=O) groups excluding carboxylic acids is 1. The third-order valence-corrected chi connectivity index (χ3v) is 4.44. The summed E-state index contributed by atoms with van der Waals surface area (Å²) >= 11 is 0. The van der Waals surface area contributed by atoms with Gasteiger partial charge in [-0.2, -0.15) is 0 Å². The van der Waals surface area contributed by atoms with Gasteiger partial charge in [-0.25, -0.2) is 9.78 Å². The molecule has 5 heteroatoms. The zero-order valence-electron chi connectivity index (χ0n) is 14.1. The third-order valence-electron chi connectivity index (χ3n) is 4.44. The van der Waals surface area contributed by atoms with Crippen LogP contribution < -0.4 is 5.56 Å². The minimum absolute atomic E-state index is 0.0214. The first-order chi connectivity index (χ1) is 11.6. The van der Waals surface area contributed by atoms with E-state index in [9.17, 15) is 9.59 Å². The van der Waals surface area contributed by atoms with Crippen LogP contribution in [0, 0.1) is 5.92 Å². The van der Waals surface area contributed by atoms with Crippen LogP contribution in [0.3, 0.4) is 0 Å². The SMILES string of the molecule is CCOC(=O)c1cnc2n(c1=O)C[C@@H](C)C[C@H]2Cc1ccccc1. The number of carbonyl (C=O) groups is 1. The van der Waals surface area contributed by atoms with Gasteiger partial charge in [0.1, 0.15) is 11.4 Å². The van der Waals surface area contributed by atoms with Crippen molar-refractivity contribution in [1.29, 1.82) is 0 Å². The van der Waals surface area contributed by atoms with Gasteiger partial charge in [-0.3, -0.25) is 9.36 Å².